The summed E-state index contributed by atoms with van der Waals surface area (Å²) in [6, 6.07) is 11.9. The summed E-state index contributed by atoms with van der Waals surface area (Å²) in [5.41, 5.74) is 0.355. The highest BCUT2D eigenvalue weighted by molar-refractivity contribution is 5.84. The second-order valence-corrected chi connectivity index (χ2v) is 9.26. The van der Waals surface area contributed by atoms with E-state index in [1.54, 1.807) is 42.5 Å². The molecule has 0 spiro atoms. The number of methoxy groups -OCH3 is 1. The maximum absolute atomic E-state index is 13.4. The van der Waals surface area contributed by atoms with Gasteiger partial charge in [-0.3, -0.25) is 14.4 Å². The fourth-order valence-electron chi connectivity index (χ4n) is 3.84. The summed E-state index contributed by atoms with van der Waals surface area (Å²) in [5.74, 6) is -0.0797. The Balaban J connectivity index is 1.83. The van der Waals surface area contributed by atoms with E-state index >= 15 is 0 Å². The molecule has 0 amide bonds. The monoisotopic (exact) mass is 554 g/mol. The van der Waals surface area contributed by atoms with Crippen LogP contribution in [0.1, 0.15) is 65.2 Å². The molecular formula is C31H38O9. The molecule has 3 aromatic rings. The van der Waals surface area contributed by atoms with Gasteiger partial charge in [-0.1, -0.05) is 38.8 Å². The van der Waals surface area contributed by atoms with Gasteiger partial charge < -0.3 is 28.1 Å². The summed E-state index contributed by atoms with van der Waals surface area (Å²) in [5, 5.41) is 0.291. The zero-order valence-corrected chi connectivity index (χ0v) is 23.5. The van der Waals surface area contributed by atoms with Crippen LogP contribution in [0.4, 0.5) is 0 Å². The molecular weight excluding hydrogens is 516 g/mol. The molecule has 0 saturated carbocycles. The molecule has 0 aliphatic heterocycles. The number of hydrogen-bond donors (Lipinski definition) is 0. The summed E-state index contributed by atoms with van der Waals surface area (Å²) in [6.45, 7) is 5.00. The van der Waals surface area contributed by atoms with E-state index in [1.807, 2.05) is 6.92 Å². The number of benzene rings is 2. The third kappa shape index (κ3) is 8.84. The lowest BCUT2D eigenvalue weighted by atomic mass is 10.1. The molecule has 0 bridgehead atoms. The predicted octanol–water partition coefficient (Wildman–Crippen LogP) is 6.43. The van der Waals surface area contributed by atoms with Crippen LogP contribution in [0, 0.1) is 0 Å². The molecule has 0 radical (unpaired) electrons. The van der Waals surface area contributed by atoms with Gasteiger partial charge in [0.2, 0.25) is 11.2 Å². The van der Waals surface area contributed by atoms with Gasteiger partial charge in [-0.05, 0) is 56.0 Å². The number of carbonyl (C=O) groups excluding carboxylic acids is 2. The molecule has 0 N–H and O–H groups in total. The molecule has 9 heteroatoms. The fourth-order valence-corrected chi connectivity index (χ4v) is 3.84. The van der Waals surface area contributed by atoms with Crippen molar-refractivity contribution in [3.8, 4) is 28.6 Å². The Labute approximate surface area is 234 Å². The number of esters is 2. The van der Waals surface area contributed by atoms with E-state index in [-0.39, 0.29) is 37.1 Å². The Morgan fingerprint density at radius 1 is 0.825 bits per heavy atom. The first kappa shape index (κ1) is 30.7. The number of unbranched alkanes of at least 4 members (excludes halogenated alkanes) is 3. The third-order valence-corrected chi connectivity index (χ3v) is 6.04. The van der Waals surface area contributed by atoms with E-state index in [2.05, 4.69) is 6.92 Å². The largest absolute Gasteiger partial charge is 0.490 e. The molecule has 40 heavy (non-hydrogen) atoms. The maximum atomic E-state index is 13.4. The Bertz CT molecular complexity index is 1310. The minimum Gasteiger partial charge on any atom is -0.490 e. The number of rotatable bonds is 17. The van der Waals surface area contributed by atoms with Gasteiger partial charge in [0.1, 0.15) is 5.58 Å². The van der Waals surface area contributed by atoms with E-state index in [0.29, 0.717) is 54.1 Å². The van der Waals surface area contributed by atoms with Crippen LogP contribution in [-0.2, 0) is 19.1 Å². The van der Waals surface area contributed by atoms with Crippen molar-refractivity contribution in [3.63, 3.8) is 0 Å². The van der Waals surface area contributed by atoms with Gasteiger partial charge in [-0.15, -0.1) is 0 Å². The van der Waals surface area contributed by atoms with Crippen molar-refractivity contribution in [3.05, 3.63) is 52.7 Å². The van der Waals surface area contributed by atoms with Crippen LogP contribution >= 0.6 is 0 Å². The van der Waals surface area contributed by atoms with Gasteiger partial charge in [0.15, 0.2) is 24.1 Å². The minimum atomic E-state index is -0.599. The number of ether oxygens (including phenoxy) is 5. The Morgan fingerprint density at radius 2 is 1.55 bits per heavy atom. The highest BCUT2D eigenvalue weighted by Gasteiger charge is 2.22. The van der Waals surface area contributed by atoms with Gasteiger partial charge in [-0.2, -0.15) is 0 Å². The average molecular weight is 555 g/mol. The second kappa shape index (κ2) is 16.3. The van der Waals surface area contributed by atoms with Crippen molar-refractivity contribution in [2.75, 3.05) is 27.1 Å². The number of carbonyl (C=O) groups is 2. The first-order valence-electron chi connectivity index (χ1n) is 13.8. The van der Waals surface area contributed by atoms with E-state index in [4.69, 9.17) is 28.1 Å². The summed E-state index contributed by atoms with van der Waals surface area (Å²) >= 11 is 0. The molecule has 1 heterocycles. The SMILES string of the molecule is CCCCOC(=O)CCCCC(=O)Oc1c(-c2ccc(OCCCC)c(OCOC)c2)oc2ccccc2c1=O. The third-order valence-electron chi connectivity index (χ3n) is 6.04. The van der Waals surface area contributed by atoms with Crippen molar-refractivity contribution in [2.45, 2.75) is 65.2 Å². The van der Waals surface area contributed by atoms with E-state index in [0.717, 1.165) is 25.7 Å². The lowest BCUT2D eigenvalue weighted by Crippen LogP contribution is -2.16. The number of hydrogen-bond acceptors (Lipinski definition) is 9. The van der Waals surface area contributed by atoms with Crippen LogP contribution in [0.25, 0.3) is 22.3 Å². The zero-order valence-electron chi connectivity index (χ0n) is 23.5. The van der Waals surface area contributed by atoms with Gasteiger partial charge in [0.05, 0.1) is 18.6 Å². The molecule has 0 unspecified atom stereocenters. The van der Waals surface area contributed by atoms with Crippen molar-refractivity contribution < 1.29 is 37.7 Å². The van der Waals surface area contributed by atoms with Crippen LogP contribution < -0.4 is 19.6 Å². The summed E-state index contributed by atoms with van der Waals surface area (Å²) < 4.78 is 33.5. The topological polar surface area (TPSA) is 111 Å². The average Bonchev–Trinajstić information content (AvgIpc) is 2.96. The lowest BCUT2D eigenvalue weighted by Gasteiger charge is -2.15. The molecule has 216 valence electrons. The van der Waals surface area contributed by atoms with Gasteiger partial charge in [-0.25, -0.2) is 0 Å². The predicted molar refractivity (Wildman–Crippen MR) is 151 cm³/mol. The quantitative estimate of drug-likeness (QED) is 0.106. The molecule has 0 fully saturated rings. The van der Waals surface area contributed by atoms with Crippen LogP contribution in [0.15, 0.2) is 51.7 Å². The van der Waals surface area contributed by atoms with E-state index in [1.165, 1.54) is 7.11 Å². The minimum absolute atomic E-state index is 0.0107. The molecule has 0 aliphatic carbocycles. The summed E-state index contributed by atoms with van der Waals surface area (Å²) in [4.78, 5) is 38.0. The van der Waals surface area contributed by atoms with Crippen molar-refractivity contribution in [2.24, 2.45) is 0 Å². The van der Waals surface area contributed by atoms with Crippen LogP contribution in [-0.4, -0.2) is 39.1 Å². The maximum Gasteiger partial charge on any atom is 0.311 e. The van der Waals surface area contributed by atoms with Crippen LogP contribution in [0.5, 0.6) is 17.2 Å². The first-order valence-corrected chi connectivity index (χ1v) is 13.8. The Kier molecular flexibility index (Phi) is 12.5. The van der Waals surface area contributed by atoms with Gasteiger partial charge in [0, 0.05) is 25.5 Å². The van der Waals surface area contributed by atoms with E-state index < -0.39 is 11.4 Å². The molecule has 2 aromatic carbocycles. The normalized spacial score (nSPS) is 10.9. The Hall–Kier alpha value is -3.85. The molecule has 3 rings (SSSR count). The molecule has 0 saturated heterocycles. The molecule has 1 aromatic heterocycles. The molecule has 9 nitrogen and oxygen atoms in total. The summed E-state index contributed by atoms with van der Waals surface area (Å²) in [6.07, 6.45) is 4.76. The van der Waals surface area contributed by atoms with Crippen LogP contribution in [0.3, 0.4) is 0 Å². The molecule has 0 atom stereocenters. The standard InChI is InChI=1S/C31H38O9/c1-4-6-18-36-25-17-16-22(20-26(25)38-21-35-3)30-31(29(34)23-12-8-9-13-24(23)39-30)40-28(33)15-11-10-14-27(32)37-19-7-5-2/h8-9,12-13,16-17,20H,4-7,10-11,14-15,18-19,21H2,1-3H3. The number of para-hydroxylation sites is 1. The van der Waals surface area contributed by atoms with Crippen molar-refractivity contribution >= 4 is 22.9 Å². The van der Waals surface area contributed by atoms with Crippen molar-refractivity contribution in [1.29, 1.82) is 0 Å². The second-order valence-electron chi connectivity index (χ2n) is 9.26. The lowest BCUT2D eigenvalue weighted by molar-refractivity contribution is -0.144. The fraction of sp³-hybridized carbons (Fsp3) is 0.452. The Morgan fingerprint density at radius 3 is 2.30 bits per heavy atom. The number of fused-ring (bicyclic) bond motifs is 1. The zero-order chi connectivity index (χ0) is 28.7. The summed E-state index contributed by atoms with van der Waals surface area (Å²) in [7, 11) is 1.51. The molecule has 0 aliphatic rings. The van der Waals surface area contributed by atoms with Crippen LogP contribution in [0.2, 0.25) is 0 Å². The van der Waals surface area contributed by atoms with Gasteiger partial charge >= 0.3 is 11.9 Å². The van der Waals surface area contributed by atoms with Gasteiger partial charge in [0.25, 0.3) is 0 Å². The van der Waals surface area contributed by atoms with Crippen molar-refractivity contribution in [1.82, 2.24) is 0 Å². The smallest absolute Gasteiger partial charge is 0.311 e. The van der Waals surface area contributed by atoms with E-state index in [9.17, 15) is 14.4 Å². The first-order chi connectivity index (χ1) is 19.5. The highest BCUT2D eigenvalue weighted by atomic mass is 16.7. The highest BCUT2D eigenvalue weighted by Crippen LogP contribution is 2.37.